The van der Waals surface area contributed by atoms with E-state index < -0.39 is 15.8 Å². The Labute approximate surface area is 109 Å². The number of anilines is 1. The average Bonchev–Trinajstić information content (AvgIpc) is 2.63. The van der Waals surface area contributed by atoms with Gasteiger partial charge < -0.3 is 0 Å². The molecule has 0 fully saturated rings. The van der Waals surface area contributed by atoms with E-state index in [2.05, 4.69) is 30.6 Å². The lowest BCUT2D eigenvalue weighted by Crippen LogP contribution is -2.13. The van der Waals surface area contributed by atoms with Crippen LogP contribution in [0.4, 0.5) is 9.52 Å². The van der Waals surface area contributed by atoms with Crippen molar-refractivity contribution >= 4 is 42.4 Å². The summed E-state index contributed by atoms with van der Waals surface area (Å²) in [5.74, 6) is -0.715. The van der Waals surface area contributed by atoms with Gasteiger partial charge in [-0.05, 0) is 22.0 Å². The van der Waals surface area contributed by atoms with Gasteiger partial charge in [0.2, 0.25) is 0 Å². The first-order valence-corrected chi connectivity index (χ1v) is 7.31. The van der Waals surface area contributed by atoms with E-state index in [4.69, 9.17) is 0 Å². The van der Waals surface area contributed by atoms with Gasteiger partial charge in [-0.15, -0.1) is 0 Å². The molecule has 2 aromatic rings. The van der Waals surface area contributed by atoms with Crippen molar-refractivity contribution < 1.29 is 12.8 Å². The van der Waals surface area contributed by atoms with E-state index >= 15 is 0 Å². The van der Waals surface area contributed by atoms with Gasteiger partial charge in [0.05, 0.1) is 16.2 Å². The number of pyridine rings is 1. The average molecular weight is 338 g/mol. The van der Waals surface area contributed by atoms with Gasteiger partial charge in [0, 0.05) is 6.20 Å². The molecule has 90 valence electrons. The summed E-state index contributed by atoms with van der Waals surface area (Å²) in [6, 6.07) is 0.887. The largest absolute Gasteiger partial charge is 0.265 e. The Morgan fingerprint density at radius 2 is 2.12 bits per heavy atom. The summed E-state index contributed by atoms with van der Waals surface area (Å²) in [5.41, 5.74) is 0. The minimum Gasteiger partial charge on any atom is -0.260 e. The molecular weight excluding hydrogens is 333 g/mol. The van der Waals surface area contributed by atoms with Gasteiger partial charge in [-0.3, -0.25) is 9.71 Å². The Hall–Kier alpha value is -1.06. The molecule has 0 atom stereocenters. The molecule has 0 aliphatic heterocycles. The fourth-order valence-electron chi connectivity index (χ4n) is 1.01. The van der Waals surface area contributed by atoms with Crippen molar-refractivity contribution in [3.63, 3.8) is 0 Å². The third-order valence-electron chi connectivity index (χ3n) is 1.69. The van der Waals surface area contributed by atoms with Crippen LogP contribution in [0.15, 0.2) is 33.3 Å². The van der Waals surface area contributed by atoms with Crippen molar-refractivity contribution in [1.29, 1.82) is 0 Å². The topological polar surface area (TPSA) is 72.0 Å². The number of rotatable bonds is 3. The highest BCUT2D eigenvalue weighted by Crippen LogP contribution is 2.25. The molecule has 0 aromatic carbocycles. The van der Waals surface area contributed by atoms with Crippen LogP contribution in [0.5, 0.6) is 0 Å². The molecule has 0 saturated carbocycles. The molecule has 1 N–H and O–H groups in total. The van der Waals surface area contributed by atoms with Gasteiger partial charge in [0.25, 0.3) is 10.0 Å². The lowest BCUT2D eigenvalue weighted by molar-refractivity contribution is 0.592. The molecule has 0 aliphatic carbocycles. The van der Waals surface area contributed by atoms with E-state index in [1.165, 1.54) is 6.20 Å². The Morgan fingerprint density at radius 3 is 2.71 bits per heavy atom. The van der Waals surface area contributed by atoms with Crippen molar-refractivity contribution in [1.82, 2.24) is 9.97 Å². The first-order chi connectivity index (χ1) is 7.97. The number of nitrogens with one attached hydrogen (secondary N) is 1. The lowest BCUT2D eigenvalue weighted by atomic mass is 10.5. The predicted octanol–water partition coefficient (Wildman–Crippen LogP) is 2.24. The number of hydrogen-bond donors (Lipinski definition) is 1. The summed E-state index contributed by atoms with van der Waals surface area (Å²) in [7, 11) is -3.85. The quantitative estimate of drug-likeness (QED) is 0.932. The minimum absolute atomic E-state index is 0.195. The molecule has 9 heteroatoms. The number of hydrogen-bond acceptors (Lipinski definition) is 5. The SMILES string of the molecule is O=S(=O)(Nc1ncc(Br)s1)c1cncc(F)c1. The molecule has 17 heavy (non-hydrogen) atoms. The maximum Gasteiger partial charge on any atom is 0.265 e. The summed E-state index contributed by atoms with van der Waals surface area (Å²) < 4.78 is 39.4. The van der Waals surface area contributed by atoms with Crippen LogP contribution in [-0.4, -0.2) is 18.4 Å². The van der Waals surface area contributed by atoms with Crippen LogP contribution in [0.25, 0.3) is 0 Å². The molecule has 0 bridgehead atoms. The van der Waals surface area contributed by atoms with Gasteiger partial charge >= 0.3 is 0 Å². The second-order valence-electron chi connectivity index (χ2n) is 2.91. The van der Waals surface area contributed by atoms with Gasteiger partial charge in [0.15, 0.2) is 5.13 Å². The monoisotopic (exact) mass is 337 g/mol. The van der Waals surface area contributed by atoms with Crippen LogP contribution in [-0.2, 0) is 10.0 Å². The summed E-state index contributed by atoms with van der Waals surface area (Å²) >= 11 is 4.27. The molecule has 2 aromatic heterocycles. The Kier molecular flexibility index (Phi) is 3.40. The van der Waals surface area contributed by atoms with Gasteiger partial charge in [0.1, 0.15) is 10.7 Å². The van der Waals surface area contributed by atoms with Gasteiger partial charge in [-0.25, -0.2) is 17.8 Å². The maximum absolute atomic E-state index is 12.9. The molecule has 0 aliphatic rings. The standard InChI is InChI=1S/C8H5BrFN3O2S2/c9-7-4-12-8(16-7)13-17(14,15)6-1-5(10)2-11-3-6/h1-4H,(H,12,13). The zero-order valence-electron chi connectivity index (χ0n) is 8.09. The second-order valence-corrected chi connectivity index (χ2v) is 7.01. The molecule has 5 nitrogen and oxygen atoms in total. The molecule has 0 spiro atoms. The third-order valence-corrected chi connectivity index (χ3v) is 4.52. The molecule has 0 radical (unpaired) electrons. The van der Waals surface area contributed by atoms with Crippen LogP contribution in [0.2, 0.25) is 0 Å². The van der Waals surface area contributed by atoms with Gasteiger partial charge in [-0.2, -0.15) is 0 Å². The number of sulfonamides is 1. The number of aromatic nitrogens is 2. The van der Waals surface area contributed by atoms with E-state index in [1.807, 2.05) is 0 Å². The fourth-order valence-corrected chi connectivity index (χ4v) is 3.34. The summed E-state index contributed by atoms with van der Waals surface area (Å²) in [6.45, 7) is 0. The molecule has 2 heterocycles. The third kappa shape index (κ3) is 2.99. The molecule has 0 amide bonds. The number of nitrogens with zero attached hydrogens (tertiary/aromatic N) is 2. The summed E-state index contributed by atoms with van der Waals surface area (Å²) in [4.78, 5) is 7.05. The molecule has 0 saturated heterocycles. The van der Waals surface area contributed by atoms with E-state index in [-0.39, 0.29) is 10.0 Å². The zero-order valence-corrected chi connectivity index (χ0v) is 11.3. The first kappa shape index (κ1) is 12.4. The highest BCUT2D eigenvalue weighted by atomic mass is 79.9. The predicted molar refractivity (Wildman–Crippen MR) is 64.8 cm³/mol. The van der Waals surface area contributed by atoms with Crippen molar-refractivity contribution in [3.8, 4) is 0 Å². The van der Waals surface area contributed by atoms with Crippen LogP contribution in [0, 0.1) is 5.82 Å². The minimum atomic E-state index is -3.85. The Bertz CT molecular complexity index is 644. The second kappa shape index (κ2) is 4.67. The maximum atomic E-state index is 12.9. The first-order valence-electron chi connectivity index (χ1n) is 4.22. The van der Waals surface area contributed by atoms with Gasteiger partial charge in [-0.1, -0.05) is 11.3 Å². The van der Waals surface area contributed by atoms with E-state index in [1.54, 1.807) is 0 Å². The van der Waals surface area contributed by atoms with Crippen LogP contribution in [0.3, 0.4) is 0 Å². The van der Waals surface area contributed by atoms with E-state index in [0.29, 0.717) is 3.79 Å². The molecule has 0 unspecified atom stereocenters. The van der Waals surface area contributed by atoms with Crippen molar-refractivity contribution in [2.45, 2.75) is 4.90 Å². The Morgan fingerprint density at radius 1 is 1.35 bits per heavy atom. The van der Waals surface area contributed by atoms with E-state index in [9.17, 15) is 12.8 Å². The summed E-state index contributed by atoms with van der Waals surface area (Å²) in [6.07, 6.45) is 3.46. The normalized spacial score (nSPS) is 11.4. The van der Waals surface area contributed by atoms with Crippen molar-refractivity contribution in [3.05, 3.63) is 34.3 Å². The number of halogens is 2. The highest BCUT2D eigenvalue weighted by Gasteiger charge is 2.17. The van der Waals surface area contributed by atoms with Crippen molar-refractivity contribution in [2.75, 3.05) is 4.72 Å². The van der Waals surface area contributed by atoms with Crippen LogP contribution in [0.1, 0.15) is 0 Å². The Balaban J connectivity index is 2.31. The lowest BCUT2D eigenvalue weighted by Gasteiger charge is -2.03. The molecule has 2 rings (SSSR count). The zero-order chi connectivity index (χ0) is 12.5. The van der Waals surface area contributed by atoms with Crippen molar-refractivity contribution in [2.24, 2.45) is 0 Å². The summed E-state index contributed by atoms with van der Waals surface area (Å²) in [5, 5.41) is 0.195. The smallest absolute Gasteiger partial charge is 0.260 e. The van der Waals surface area contributed by atoms with Crippen LogP contribution >= 0.6 is 27.3 Å². The fraction of sp³-hybridized carbons (Fsp3) is 0. The highest BCUT2D eigenvalue weighted by molar-refractivity contribution is 9.11. The number of thiazole rings is 1. The van der Waals surface area contributed by atoms with E-state index in [0.717, 1.165) is 29.8 Å². The molecular formula is C8H5BrFN3O2S2. The van der Waals surface area contributed by atoms with Crippen LogP contribution < -0.4 is 4.72 Å².